The molecule has 2 aromatic heterocycles. The number of aromatic nitrogens is 4. The van der Waals surface area contributed by atoms with Gasteiger partial charge in [-0.3, -0.25) is 14.9 Å². The van der Waals surface area contributed by atoms with Crippen molar-refractivity contribution in [3.05, 3.63) is 30.4 Å². The highest BCUT2D eigenvalue weighted by atomic mass is 16.1. The number of pyridine rings is 1. The van der Waals surface area contributed by atoms with Crippen LogP contribution in [0.1, 0.15) is 32.5 Å². The second-order valence-electron chi connectivity index (χ2n) is 6.49. The second kappa shape index (κ2) is 7.53. The van der Waals surface area contributed by atoms with Crippen LogP contribution in [0.2, 0.25) is 0 Å². The number of nitrogens with one attached hydrogen (secondary N) is 2. The Labute approximate surface area is 141 Å². The summed E-state index contributed by atoms with van der Waals surface area (Å²) in [4.78, 5) is 23.2. The standard InChI is InChI=1S/C17H24N6O/c1-12(2)23-9-3-4-14(11-23)17(24)19-10-15-20-16(22-21-15)13-5-7-18-8-6-13/h5-8,12,14H,3-4,9-11H2,1-2H3,(H,19,24)(H,20,21,22)/t14-/m1/s1. The van der Waals surface area contributed by atoms with Gasteiger partial charge in [0, 0.05) is 30.5 Å². The molecule has 0 aromatic carbocycles. The largest absolute Gasteiger partial charge is 0.349 e. The van der Waals surface area contributed by atoms with Crippen LogP contribution < -0.4 is 5.32 Å². The van der Waals surface area contributed by atoms with Gasteiger partial charge in [-0.15, -0.1) is 0 Å². The molecule has 1 aliphatic heterocycles. The Kier molecular flexibility index (Phi) is 5.20. The normalized spacial score (nSPS) is 18.7. The highest BCUT2D eigenvalue weighted by molar-refractivity contribution is 5.78. The average molecular weight is 328 g/mol. The monoisotopic (exact) mass is 328 g/mol. The van der Waals surface area contributed by atoms with Gasteiger partial charge in [0.25, 0.3) is 0 Å². The third-order valence-corrected chi connectivity index (χ3v) is 4.45. The van der Waals surface area contributed by atoms with E-state index in [0.29, 0.717) is 24.2 Å². The molecule has 0 spiro atoms. The second-order valence-corrected chi connectivity index (χ2v) is 6.49. The summed E-state index contributed by atoms with van der Waals surface area (Å²) in [5.41, 5.74) is 0.902. The fourth-order valence-corrected chi connectivity index (χ4v) is 3.01. The maximum absolute atomic E-state index is 12.4. The minimum atomic E-state index is 0.0590. The van der Waals surface area contributed by atoms with Crippen LogP contribution in [0.3, 0.4) is 0 Å². The molecule has 1 saturated heterocycles. The molecule has 1 aliphatic rings. The van der Waals surface area contributed by atoms with Gasteiger partial charge >= 0.3 is 0 Å². The zero-order chi connectivity index (χ0) is 16.9. The Bertz CT molecular complexity index is 669. The van der Waals surface area contributed by atoms with Gasteiger partial charge in [0.15, 0.2) is 5.82 Å². The molecule has 7 nitrogen and oxygen atoms in total. The van der Waals surface area contributed by atoms with E-state index in [9.17, 15) is 4.79 Å². The lowest BCUT2D eigenvalue weighted by atomic mass is 9.96. The summed E-state index contributed by atoms with van der Waals surface area (Å²) in [5.74, 6) is 1.43. The molecule has 1 amide bonds. The van der Waals surface area contributed by atoms with E-state index < -0.39 is 0 Å². The summed E-state index contributed by atoms with van der Waals surface area (Å²) in [6, 6.07) is 4.19. The smallest absolute Gasteiger partial charge is 0.224 e. The molecule has 24 heavy (non-hydrogen) atoms. The predicted molar refractivity (Wildman–Crippen MR) is 90.9 cm³/mol. The fourth-order valence-electron chi connectivity index (χ4n) is 3.01. The Morgan fingerprint density at radius 3 is 2.96 bits per heavy atom. The van der Waals surface area contributed by atoms with Crippen molar-refractivity contribution in [1.82, 2.24) is 30.4 Å². The number of hydrogen-bond acceptors (Lipinski definition) is 5. The van der Waals surface area contributed by atoms with Gasteiger partial charge in [0.2, 0.25) is 5.91 Å². The van der Waals surface area contributed by atoms with E-state index in [-0.39, 0.29) is 11.8 Å². The summed E-state index contributed by atoms with van der Waals surface area (Å²) in [5, 5.41) is 10.1. The van der Waals surface area contributed by atoms with Gasteiger partial charge in [-0.2, -0.15) is 5.10 Å². The SMILES string of the molecule is CC(C)N1CCC[C@@H](C(=O)NCc2nc(-c3ccncc3)n[nH]2)C1. The molecule has 3 rings (SSSR count). The van der Waals surface area contributed by atoms with Crippen molar-refractivity contribution in [3.63, 3.8) is 0 Å². The molecule has 2 N–H and O–H groups in total. The first kappa shape index (κ1) is 16.6. The quantitative estimate of drug-likeness (QED) is 0.870. The molecule has 0 unspecified atom stereocenters. The van der Waals surface area contributed by atoms with E-state index in [1.807, 2.05) is 12.1 Å². The number of likely N-dealkylation sites (tertiary alicyclic amines) is 1. The van der Waals surface area contributed by atoms with Crippen molar-refractivity contribution < 1.29 is 4.79 Å². The maximum atomic E-state index is 12.4. The van der Waals surface area contributed by atoms with Gasteiger partial charge in [0.05, 0.1) is 12.5 Å². The number of amides is 1. The van der Waals surface area contributed by atoms with Crippen LogP contribution in [-0.4, -0.2) is 50.1 Å². The van der Waals surface area contributed by atoms with Crippen LogP contribution >= 0.6 is 0 Å². The third-order valence-electron chi connectivity index (χ3n) is 4.45. The Balaban J connectivity index is 1.54. The van der Waals surface area contributed by atoms with E-state index in [1.165, 1.54) is 0 Å². The summed E-state index contributed by atoms with van der Waals surface area (Å²) in [7, 11) is 0. The summed E-state index contributed by atoms with van der Waals surface area (Å²) >= 11 is 0. The molecule has 1 atom stereocenters. The van der Waals surface area contributed by atoms with Crippen molar-refractivity contribution >= 4 is 5.91 Å². The van der Waals surface area contributed by atoms with Gasteiger partial charge in [-0.1, -0.05) is 0 Å². The van der Waals surface area contributed by atoms with Crippen LogP contribution in [0, 0.1) is 5.92 Å². The van der Waals surface area contributed by atoms with E-state index in [1.54, 1.807) is 12.4 Å². The zero-order valence-corrected chi connectivity index (χ0v) is 14.2. The first-order valence-corrected chi connectivity index (χ1v) is 8.47. The number of carbonyl (C=O) groups is 1. The summed E-state index contributed by atoms with van der Waals surface area (Å²) in [6.45, 7) is 6.64. The topological polar surface area (TPSA) is 86.8 Å². The molecule has 2 aromatic rings. The minimum Gasteiger partial charge on any atom is -0.349 e. The van der Waals surface area contributed by atoms with E-state index in [4.69, 9.17) is 0 Å². The van der Waals surface area contributed by atoms with E-state index in [0.717, 1.165) is 31.5 Å². The first-order chi connectivity index (χ1) is 11.6. The molecule has 0 bridgehead atoms. The van der Waals surface area contributed by atoms with E-state index >= 15 is 0 Å². The molecule has 1 fully saturated rings. The highest BCUT2D eigenvalue weighted by Crippen LogP contribution is 2.18. The van der Waals surface area contributed by atoms with Crippen LogP contribution in [0.5, 0.6) is 0 Å². The number of piperidine rings is 1. The van der Waals surface area contributed by atoms with Crippen molar-refractivity contribution in [2.75, 3.05) is 13.1 Å². The van der Waals surface area contributed by atoms with Crippen molar-refractivity contribution in [2.24, 2.45) is 5.92 Å². The molecule has 0 saturated carbocycles. The molecule has 128 valence electrons. The van der Waals surface area contributed by atoms with Gasteiger partial charge < -0.3 is 10.2 Å². The van der Waals surface area contributed by atoms with Crippen LogP contribution in [0.15, 0.2) is 24.5 Å². The van der Waals surface area contributed by atoms with Crippen LogP contribution in [0.4, 0.5) is 0 Å². The number of carbonyl (C=O) groups excluding carboxylic acids is 1. The zero-order valence-electron chi connectivity index (χ0n) is 14.2. The summed E-state index contributed by atoms with van der Waals surface area (Å²) in [6.07, 6.45) is 5.44. The molecular formula is C17H24N6O. The van der Waals surface area contributed by atoms with E-state index in [2.05, 4.69) is 44.2 Å². The lowest BCUT2D eigenvalue weighted by Gasteiger charge is -2.34. The average Bonchev–Trinajstić information content (AvgIpc) is 3.09. The Morgan fingerprint density at radius 2 is 2.21 bits per heavy atom. The number of aromatic amines is 1. The first-order valence-electron chi connectivity index (χ1n) is 8.47. The molecular weight excluding hydrogens is 304 g/mol. The number of H-pyrrole nitrogens is 1. The maximum Gasteiger partial charge on any atom is 0.224 e. The van der Waals surface area contributed by atoms with Crippen molar-refractivity contribution in [2.45, 2.75) is 39.3 Å². The number of nitrogens with zero attached hydrogens (tertiary/aromatic N) is 4. The van der Waals surface area contributed by atoms with Gasteiger partial charge in [0.1, 0.15) is 5.82 Å². The van der Waals surface area contributed by atoms with Gasteiger partial charge in [-0.05, 0) is 45.4 Å². The number of hydrogen-bond donors (Lipinski definition) is 2. The molecule has 0 aliphatic carbocycles. The third kappa shape index (κ3) is 3.97. The molecule has 3 heterocycles. The lowest BCUT2D eigenvalue weighted by Crippen LogP contribution is -2.45. The highest BCUT2D eigenvalue weighted by Gasteiger charge is 2.26. The Hall–Kier alpha value is -2.28. The predicted octanol–water partition coefficient (Wildman–Crippen LogP) is 1.60. The van der Waals surface area contributed by atoms with Crippen LogP contribution in [-0.2, 0) is 11.3 Å². The van der Waals surface area contributed by atoms with Crippen molar-refractivity contribution in [3.8, 4) is 11.4 Å². The minimum absolute atomic E-state index is 0.0590. The van der Waals surface area contributed by atoms with Crippen LogP contribution in [0.25, 0.3) is 11.4 Å². The summed E-state index contributed by atoms with van der Waals surface area (Å²) < 4.78 is 0. The number of rotatable bonds is 5. The van der Waals surface area contributed by atoms with Crippen molar-refractivity contribution in [1.29, 1.82) is 0 Å². The molecule has 7 heteroatoms. The Morgan fingerprint density at radius 1 is 1.42 bits per heavy atom. The van der Waals surface area contributed by atoms with Gasteiger partial charge in [-0.25, -0.2) is 4.98 Å². The fraction of sp³-hybridized carbons (Fsp3) is 0.529. The lowest BCUT2D eigenvalue weighted by molar-refractivity contribution is -0.127. The molecule has 0 radical (unpaired) electrons.